The molecule has 2 atom stereocenters. The Morgan fingerprint density at radius 1 is 0.912 bits per heavy atom. The van der Waals surface area contributed by atoms with Crippen LogP contribution in [0.3, 0.4) is 0 Å². The van der Waals surface area contributed by atoms with Gasteiger partial charge in [-0.3, -0.25) is 9.59 Å². The predicted molar refractivity (Wildman–Crippen MR) is 135 cm³/mol. The molecule has 2 N–H and O–H groups in total. The molecule has 0 saturated heterocycles. The number of carbonyl (C=O) groups excluding carboxylic acids is 2. The van der Waals surface area contributed by atoms with Gasteiger partial charge in [0.1, 0.15) is 10.2 Å². The summed E-state index contributed by atoms with van der Waals surface area (Å²) < 4.78 is 11.7. The van der Waals surface area contributed by atoms with Crippen LogP contribution in [0.2, 0.25) is 15.1 Å². The zero-order valence-electron chi connectivity index (χ0n) is 17.2. The van der Waals surface area contributed by atoms with Crippen LogP contribution in [0.4, 0.5) is 10.1 Å². The van der Waals surface area contributed by atoms with E-state index in [1.54, 1.807) is 36.4 Å². The van der Waals surface area contributed by atoms with Crippen molar-refractivity contribution in [3.05, 3.63) is 98.2 Å². The topological polar surface area (TPSA) is 58.2 Å². The summed E-state index contributed by atoms with van der Waals surface area (Å²) in [4.78, 5) is 25.6. The molecule has 1 aliphatic rings. The SMILES string of the molecule is O=C(NCc1ccc(F)cc1)c1cc(NC(=O)C2C(c3cc(Cl)cc(Cl)c3)C2(Cl)Cl)ccc1Cl. The van der Waals surface area contributed by atoms with E-state index in [9.17, 15) is 14.0 Å². The standard InChI is InChI=1S/C24H16Cl5FN2O2/c25-14-7-13(8-15(26)9-14)20-21(24(20,28)29)23(34)32-17-5-6-19(27)18(10-17)22(33)31-11-12-1-3-16(30)4-2-12/h1-10,20-21H,11H2,(H,31,33)(H,32,34). The van der Waals surface area contributed by atoms with E-state index in [4.69, 9.17) is 58.0 Å². The van der Waals surface area contributed by atoms with Gasteiger partial charge in [-0.25, -0.2) is 4.39 Å². The molecule has 0 bridgehead atoms. The number of rotatable bonds is 6. The van der Waals surface area contributed by atoms with Gasteiger partial charge in [0.05, 0.1) is 16.5 Å². The number of carbonyl (C=O) groups is 2. The highest BCUT2D eigenvalue weighted by Gasteiger charge is 2.67. The number of anilines is 1. The average Bonchev–Trinajstić information content (AvgIpc) is 3.36. The molecule has 0 radical (unpaired) electrons. The van der Waals surface area contributed by atoms with Crippen LogP contribution in [0.15, 0.2) is 60.7 Å². The quantitative estimate of drug-likeness (QED) is 0.312. The number of amides is 2. The lowest BCUT2D eigenvalue weighted by atomic mass is 10.1. The smallest absolute Gasteiger partial charge is 0.253 e. The van der Waals surface area contributed by atoms with Crippen molar-refractivity contribution in [2.75, 3.05) is 5.32 Å². The largest absolute Gasteiger partial charge is 0.348 e. The summed E-state index contributed by atoms with van der Waals surface area (Å²) in [5, 5.41) is 6.48. The molecule has 3 aromatic rings. The number of halogens is 6. The van der Waals surface area contributed by atoms with Gasteiger partial charge in [-0.2, -0.15) is 0 Å². The molecular formula is C24H16Cl5FN2O2. The number of hydrogen-bond donors (Lipinski definition) is 2. The first-order chi connectivity index (χ1) is 16.1. The Balaban J connectivity index is 1.45. The zero-order valence-corrected chi connectivity index (χ0v) is 21.0. The van der Waals surface area contributed by atoms with Crippen molar-refractivity contribution in [1.29, 1.82) is 0 Å². The van der Waals surface area contributed by atoms with Crippen molar-refractivity contribution in [3.8, 4) is 0 Å². The molecule has 1 aliphatic carbocycles. The van der Waals surface area contributed by atoms with Gasteiger partial charge in [0, 0.05) is 28.2 Å². The summed E-state index contributed by atoms with van der Waals surface area (Å²) in [7, 11) is 0. The summed E-state index contributed by atoms with van der Waals surface area (Å²) in [6.07, 6.45) is 0. The van der Waals surface area contributed by atoms with Gasteiger partial charge in [-0.15, -0.1) is 23.2 Å². The molecule has 3 aromatic carbocycles. The van der Waals surface area contributed by atoms with Gasteiger partial charge in [0.2, 0.25) is 5.91 Å². The predicted octanol–water partition coefficient (Wildman–Crippen LogP) is 7.24. The number of alkyl halides is 2. The molecule has 1 saturated carbocycles. The van der Waals surface area contributed by atoms with E-state index in [-0.39, 0.29) is 22.9 Å². The molecular weight excluding hydrogens is 545 g/mol. The van der Waals surface area contributed by atoms with Gasteiger partial charge in [-0.1, -0.05) is 46.9 Å². The fraction of sp³-hybridized carbons (Fsp3) is 0.167. The minimum Gasteiger partial charge on any atom is -0.348 e. The second-order valence-electron chi connectivity index (χ2n) is 7.83. The van der Waals surface area contributed by atoms with Gasteiger partial charge in [0.15, 0.2) is 0 Å². The fourth-order valence-corrected chi connectivity index (χ4v) is 5.27. The van der Waals surface area contributed by atoms with Crippen molar-refractivity contribution in [2.45, 2.75) is 16.8 Å². The van der Waals surface area contributed by atoms with E-state index >= 15 is 0 Å². The van der Waals surface area contributed by atoms with E-state index in [1.807, 2.05) is 0 Å². The third kappa shape index (κ3) is 5.45. The van der Waals surface area contributed by atoms with Crippen molar-refractivity contribution < 1.29 is 14.0 Å². The highest BCUT2D eigenvalue weighted by atomic mass is 35.5. The lowest BCUT2D eigenvalue weighted by Crippen LogP contribution is -2.23. The zero-order chi connectivity index (χ0) is 24.6. The number of hydrogen-bond acceptors (Lipinski definition) is 2. The van der Waals surface area contributed by atoms with E-state index < -0.39 is 28.0 Å². The highest BCUT2D eigenvalue weighted by molar-refractivity contribution is 6.53. The first kappa shape index (κ1) is 25.1. The molecule has 0 aromatic heterocycles. The lowest BCUT2D eigenvalue weighted by molar-refractivity contribution is -0.117. The van der Waals surface area contributed by atoms with E-state index in [0.717, 1.165) is 5.56 Å². The van der Waals surface area contributed by atoms with E-state index in [2.05, 4.69) is 10.6 Å². The molecule has 0 aliphatic heterocycles. The summed E-state index contributed by atoms with van der Waals surface area (Å²) >= 11 is 31.1. The first-order valence-electron chi connectivity index (χ1n) is 10.0. The summed E-state index contributed by atoms with van der Waals surface area (Å²) in [6.45, 7) is 0.180. The Hall–Kier alpha value is -2.02. The van der Waals surface area contributed by atoms with Crippen LogP contribution < -0.4 is 10.6 Å². The molecule has 4 rings (SSSR count). The molecule has 0 spiro atoms. The van der Waals surface area contributed by atoms with E-state index in [1.165, 1.54) is 24.3 Å². The van der Waals surface area contributed by atoms with Gasteiger partial charge in [-0.05, 0) is 59.7 Å². The van der Waals surface area contributed by atoms with Gasteiger partial charge in [0.25, 0.3) is 5.91 Å². The third-order valence-electron chi connectivity index (χ3n) is 5.42. The maximum absolute atomic E-state index is 13.0. The van der Waals surface area contributed by atoms with Crippen molar-refractivity contribution >= 4 is 75.5 Å². The monoisotopic (exact) mass is 558 g/mol. The van der Waals surface area contributed by atoms with Crippen LogP contribution in [0.1, 0.15) is 27.4 Å². The van der Waals surface area contributed by atoms with Crippen molar-refractivity contribution in [1.82, 2.24) is 5.32 Å². The molecule has 176 valence electrons. The van der Waals surface area contributed by atoms with Crippen LogP contribution in [-0.4, -0.2) is 16.1 Å². The van der Waals surface area contributed by atoms with Crippen LogP contribution >= 0.6 is 58.0 Å². The van der Waals surface area contributed by atoms with E-state index in [0.29, 0.717) is 21.3 Å². The Labute approximate surface area is 220 Å². The van der Waals surface area contributed by atoms with Crippen LogP contribution in [0, 0.1) is 11.7 Å². The molecule has 1 fully saturated rings. The Morgan fingerprint density at radius 2 is 1.56 bits per heavy atom. The average molecular weight is 561 g/mol. The Morgan fingerprint density at radius 3 is 2.21 bits per heavy atom. The second kappa shape index (κ2) is 9.92. The Bertz CT molecular complexity index is 1250. The maximum Gasteiger partial charge on any atom is 0.253 e. The summed E-state index contributed by atoms with van der Waals surface area (Å²) in [5.41, 5.74) is 1.88. The minimum atomic E-state index is -1.33. The molecule has 4 nitrogen and oxygen atoms in total. The summed E-state index contributed by atoms with van der Waals surface area (Å²) in [5.74, 6) is -2.50. The van der Waals surface area contributed by atoms with Gasteiger partial charge < -0.3 is 10.6 Å². The third-order valence-corrected chi connectivity index (χ3v) is 7.13. The molecule has 10 heteroatoms. The van der Waals surface area contributed by atoms with Crippen LogP contribution in [0.25, 0.3) is 0 Å². The van der Waals surface area contributed by atoms with Gasteiger partial charge >= 0.3 is 0 Å². The molecule has 34 heavy (non-hydrogen) atoms. The van der Waals surface area contributed by atoms with Crippen molar-refractivity contribution in [3.63, 3.8) is 0 Å². The Kier molecular flexibility index (Phi) is 7.32. The van der Waals surface area contributed by atoms with Crippen LogP contribution in [-0.2, 0) is 11.3 Å². The highest BCUT2D eigenvalue weighted by Crippen LogP contribution is 2.65. The fourth-order valence-electron chi connectivity index (χ4n) is 3.70. The van der Waals surface area contributed by atoms with Crippen molar-refractivity contribution in [2.24, 2.45) is 5.92 Å². The molecule has 2 unspecified atom stereocenters. The number of benzene rings is 3. The lowest BCUT2D eigenvalue weighted by Gasteiger charge is -2.10. The first-order valence-corrected chi connectivity index (χ1v) is 11.9. The minimum absolute atomic E-state index is 0.165. The molecule has 0 heterocycles. The van der Waals surface area contributed by atoms with Crippen LogP contribution in [0.5, 0.6) is 0 Å². The second-order valence-corrected chi connectivity index (χ2v) is 10.6. The molecule has 2 amide bonds. The maximum atomic E-state index is 13.0. The normalized spacial score (nSPS) is 18.3. The number of nitrogens with one attached hydrogen (secondary N) is 2. The summed E-state index contributed by atoms with van der Waals surface area (Å²) in [6, 6.07) is 15.2.